The predicted octanol–water partition coefficient (Wildman–Crippen LogP) is 5.58. The van der Waals surface area contributed by atoms with Crippen LogP contribution in [0.1, 0.15) is 23.1 Å². The first-order chi connectivity index (χ1) is 18.6. The second-order valence-electron chi connectivity index (χ2n) is 9.74. The third kappa shape index (κ3) is 5.69. The molecule has 4 rings (SSSR count). The molecule has 1 N–H and O–H groups in total. The Hall–Kier alpha value is -2.74. The van der Waals surface area contributed by atoms with Crippen molar-refractivity contribution in [2.75, 3.05) is 24.5 Å². The fourth-order valence-corrected chi connectivity index (χ4v) is 6.90. The zero-order chi connectivity index (χ0) is 29.5. The summed E-state index contributed by atoms with van der Waals surface area (Å²) in [5, 5.41) is 9.74. The van der Waals surface area contributed by atoms with E-state index in [9.17, 15) is 39.9 Å². The molecule has 1 heterocycles. The van der Waals surface area contributed by atoms with Crippen molar-refractivity contribution in [2.45, 2.75) is 43.8 Å². The maximum Gasteiger partial charge on any atom is 0.430 e. The van der Waals surface area contributed by atoms with Crippen molar-refractivity contribution in [1.29, 1.82) is 0 Å². The highest BCUT2D eigenvalue weighted by Crippen LogP contribution is 2.50. The van der Waals surface area contributed by atoms with Crippen molar-refractivity contribution >= 4 is 32.8 Å². The van der Waals surface area contributed by atoms with E-state index in [0.29, 0.717) is 30.7 Å². The summed E-state index contributed by atoms with van der Waals surface area (Å²) in [5.74, 6) is 0. The van der Waals surface area contributed by atoms with Crippen molar-refractivity contribution in [3.63, 3.8) is 0 Å². The molecule has 0 bridgehead atoms. The average molecular weight is 605 g/mol. The van der Waals surface area contributed by atoms with Crippen LogP contribution in [-0.2, 0) is 22.0 Å². The smallest absolute Gasteiger partial charge is 0.369 e. The van der Waals surface area contributed by atoms with Crippen LogP contribution >= 0.6 is 12.2 Å². The Morgan fingerprint density at radius 1 is 0.950 bits per heavy atom. The number of hydrogen-bond donors (Lipinski definition) is 1. The molecule has 13 heteroatoms. The predicted molar refractivity (Wildman–Crippen MR) is 143 cm³/mol. The quantitative estimate of drug-likeness (QED) is 0.345. The summed E-state index contributed by atoms with van der Waals surface area (Å²) in [6.45, 7) is 2.06. The number of halogens is 6. The van der Waals surface area contributed by atoms with Crippen LogP contribution in [-0.4, -0.2) is 60.7 Å². The van der Waals surface area contributed by atoms with Crippen molar-refractivity contribution in [3.05, 3.63) is 88.4 Å². The van der Waals surface area contributed by atoms with Crippen LogP contribution in [0, 0.1) is 6.92 Å². The van der Waals surface area contributed by atoms with Crippen molar-refractivity contribution in [2.24, 2.45) is 0 Å². The second kappa shape index (κ2) is 10.9. The normalized spacial score (nSPS) is 19.6. The van der Waals surface area contributed by atoms with Gasteiger partial charge in [-0.15, -0.1) is 0 Å². The molecule has 0 unspecified atom stereocenters. The largest absolute Gasteiger partial charge is 0.430 e. The van der Waals surface area contributed by atoms with E-state index in [1.807, 2.05) is 31.2 Å². The lowest BCUT2D eigenvalue weighted by Crippen LogP contribution is -2.56. The van der Waals surface area contributed by atoms with Gasteiger partial charge in [0.2, 0.25) is 10.0 Å². The highest BCUT2D eigenvalue weighted by molar-refractivity contribution is 7.96. The van der Waals surface area contributed by atoms with Gasteiger partial charge in [-0.1, -0.05) is 66.3 Å². The molecular formula is C27H26F6N2O3S2. The number of thiocarbonyl (C=S) groups is 1. The molecule has 1 saturated heterocycles. The van der Waals surface area contributed by atoms with Crippen molar-refractivity contribution in [3.8, 4) is 0 Å². The number of anilines is 1. The Morgan fingerprint density at radius 3 is 2.10 bits per heavy atom. The van der Waals surface area contributed by atoms with Crippen LogP contribution in [0.3, 0.4) is 0 Å². The Balaban J connectivity index is 1.67. The first-order valence-corrected chi connectivity index (χ1v) is 14.1. The zero-order valence-electron chi connectivity index (χ0n) is 21.2. The van der Waals surface area contributed by atoms with Crippen molar-refractivity contribution in [1.82, 2.24) is 4.31 Å². The van der Waals surface area contributed by atoms with Gasteiger partial charge in [-0.25, -0.2) is 8.42 Å². The fraction of sp³-hybridized carbons (Fsp3) is 0.370. The summed E-state index contributed by atoms with van der Waals surface area (Å²) >= 11 is 5.27. The molecule has 1 fully saturated rings. The maximum atomic E-state index is 13.5. The van der Waals surface area contributed by atoms with Gasteiger partial charge in [-0.2, -0.15) is 30.6 Å². The van der Waals surface area contributed by atoms with Gasteiger partial charge in [-0.05, 0) is 37.1 Å². The van der Waals surface area contributed by atoms with E-state index in [1.54, 1.807) is 17.1 Å². The van der Waals surface area contributed by atoms with E-state index in [0.717, 1.165) is 23.3 Å². The summed E-state index contributed by atoms with van der Waals surface area (Å²) in [7, 11) is -3.94. The first kappa shape index (κ1) is 30.2. The number of sulfonamides is 1. The van der Waals surface area contributed by atoms with Gasteiger partial charge in [0.05, 0.1) is 4.91 Å². The first-order valence-electron chi connectivity index (χ1n) is 12.2. The highest BCUT2D eigenvalue weighted by atomic mass is 32.2. The van der Waals surface area contributed by atoms with E-state index in [-0.39, 0.29) is 29.4 Å². The van der Waals surface area contributed by atoms with E-state index < -0.39 is 39.6 Å². The Morgan fingerprint density at radius 2 is 1.55 bits per heavy atom. The van der Waals surface area contributed by atoms with Gasteiger partial charge in [0.1, 0.15) is 0 Å². The van der Waals surface area contributed by atoms with Gasteiger partial charge in [-0.3, -0.25) is 0 Å². The standard InChI is InChI=1S/C27H26F6N2O3S2/c1-18-6-8-19(9-7-18)16-22-17-34(40(37,38)24-5-3-2-4-23(24)39)14-15-35(22)21-12-10-20(11-13-21)25(36,26(28,29)30)27(31,32)33/h2-3,5-13,22,36H,4,14-17H2,1H3/t22-/m1/s1. The molecule has 216 valence electrons. The van der Waals surface area contributed by atoms with Gasteiger partial charge >= 0.3 is 12.4 Å². The third-order valence-corrected chi connectivity index (χ3v) is 9.52. The second-order valence-corrected chi connectivity index (χ2v) is 12.1. The summed E-state index contributed by atoms with van der Waals surface area (Å²) in [6.07, 6.45) is -6.50. The van der Waals surface area contributed by atoms with Gasteiger partial charge in [0.25, 0.3) is 5.60 Å². The highest BCUT2D eigenvalue weighted by Gasteiger charge is 2.71. The van der Waals surface area contributed by atoms with Crippen LogP contribution in [0.4, 0.5) is 32.0 Å². The van der Waals surface area contributed by atoms with Crippen molar-refractivity contribution < 1.29 is 39.9 Å². The number of alkyl halides is 6. The Kier molecular flexibility index (Phi) is 8.25. The number of piperazine rings is 1. The molecule has 0 spiro atoms. The Labute approximate surface area is 233 Å². The van der Waals surface area contributed by atoms with Crippen LogP contribution in [0.5, 0.6) is 0 Å². The maximum absolute atomic E-state index is 13.5. The van der Waals surface area contributed by atoms with E-state index in [1.165, 1.54) is 10.4 Å². The van der Waals surface area contributed by atoms with Gasteiger partial charge in [0, 0.05) is 48.2 Å². The SMILES string of the molecule is Cc1ccc(C[C@@H]2CN(S(=O)(=O)C3=CC=CCC3=S)CCN2c2ccc(C(O)(C(F)(F)F)C(F)(F)F)cc2)cc1. The fourth-order valence-electron chi connectivity index (χ4n) is 4.83. The minimum atomic E-state index is -6.00. The minimum absolute atomic E-state index is 0.0106. The summed E-state index contributed by atoms with van der Waals surface area (Å²) < 4.78 is 108. The average Bonchev–Trinajstić information content (AvgIpc) is 2.88. The molecule has 1 aliphatic carbocycles. The molecule has 2 aliphatic rings. The number of hydrogen-bond acceptors (Lipinski definition) is 5. The number of benzene rings is 2. The summed E-state index contributed by atoms with van der Waals surface area (Å²) in [4.78, 5) is 2.08. The summed E-state index contributed by atoms with van der Waals surface area (Å²) in [6, 6.07) is 10.4. The molecule has 0 saturated carbocycles. The van der Waals surface area contributed by atoms with E-state index in [4.69, 9.17) is 12.2 Å². The molecule has 2 aromatic carbocycles. The monoisotopic (exact) mass is 604 g/mol. The third-order valence-electron chi connectivity index (χ3n) is 7.05. The van der Waals surface area contributed by atoms with Gasteiger partial charge in [0.15, 0.2) is 0 Å². The topological polar surface area (TPSA) is 60.9 Å². The molecule has 2 aromatic rings. The van der Waals surface area contributed by atoms with Gasteiger partial charge < -0.3 is 10.0 Å². The molecule has 0 aromatic heterocycles. The lowest BCUT2D eigenvalue weighted by molar-refractivity contribution is -0.376. The lowest BCUT2D eigenvalue weighted by Gasteiger charge is -2.43. The van der Waals surface area contributed by atoms with Crippen LogP contribution in [0.2, 0.25) is 0 Å². The lowest BCUT2D eigenvalue weighted by atomic mass is 9.92. The molecule has 5 nitrogen and oxygen atoms in total. The minimum Gasteiger partial charge on any atom is -0.369 e. The number of aryl methyl sites for hydroxylation is 1. The number of rotatable bonds is 6. The van der Waals surface area contributed by atoms with E-state index in [2.05, 4.69) is 0 Å². The van der Waals surface area contributed by atoms with E-state index >= 15 is 0 Å². The zero-order valence-corrected chi connectivity index (χ0v) is 22.8. The molecule has 40 heavy (non-hydrogen) atoms. The van der Waals surface area contributed by atoms with Crippen LogP contribution in [0.25, 0.3) is 0 Å². The molecule has 0 amide bonds. The number of aliphatic hydroxyl groups is 1. The number of allylic oxidation sites excluding steroid dienone is 4. The molecule has 0 radical (unpaired) electrons. The van der Waals surface area contributed by atoms with Crippen LogP contribution in [0.15, 0.2) is 71.7 Å². The molecule has 1 atom stereocenters. The molecule has 1 aliphatic heterocycles. The molecular weight excluding hydrogens is 578 g/mol. The summed E-state index contributed by atoms with van der Waals surface area (Å²) in [5.41, 5.74) is -4.22. The number of nitrogens with zero attached hydrogens (tertiary/aromatic N) is 2. The van der Waals surface area contributed by atoms with Crippen LogP contribution < -0.4 is 4.90 Å². The Bertz CT molecular complexity index is 1400.